The summed E-state index contributed by atoms with van der Waals surface area (Å²) < 4.78 is 5.38. The monoisotopic (exact) mass is 389 g/mol. The number of nitrogens with one attached hydrogen (secondary N) is 1. The summed E-state index contributed by atoms with van der Waals surface area (Å²) in [5.41, 5.74) is 3.10. The quantitative estimate of drug-likeness (QED) is 0.505. The second-order valence-corrected chi connectivity index (χ2v) is 7.64. The first-order chi connectivity index (χ1) is 13.6. The predicted octanol–water partition coefficient (Wildman–Crippen LogP) is 5.26. The van der Waals surface area contributed by atoms with E-state index in [1.807, 2.05) is 74.5 Å². The number of benzene rings is 2. The van der Waals surface area contributed by atoms with E-state index in [0.717, 1.165) is 16.0 Å². The number of amides is 1. The maximum Gasteiger partial charge on any atom is 0.261 e. The zero-order chi connectivity index (χ0) is 19.5. The van der Waals surface area contributed by atoms with Gasteiger partial charge in [0.05, 0.1) is 15.8 Å². The molecule has 0 fully saturated rings. The van der Waals surface area contributed by atoms with E-state index in [0.29, 0.717) is 16.6 Å². The molecule has 2 heterocycles. The SMILES string of the molecule is Cc1ccc(-c2nc(-c3ccc(C(=O)N[C@@H](C)c4ccccc4)s3)no2)cc1. The lowest BCUT2D eigenvalue weighted by Crippen LogP contribution is -2.25. The molecule has 0 aliphatic carbocycles. The Morgan fingerprint density at radius 1 is 1.04 bits per heavy atom. The molecule has 1 atom stereocenters. The summed E-state index contributed by atoms with van der Waals surface area (Å²) in [4.78, 5) is 18.4. The van der Waals surface area contributed by atoms with E-state index in [-0.39, 0.29) is 11.9 Å². The average Bonchev–Trinajstić information content (AvgIpc) is 3.39. The van der Waals surface area contributed by atoms with E-state index < -0.39 is 0 Å². The fraction of sp³-hybridized carbons (Fsp3) is 0.136. The van der Waals surface area contributed by atoms with Crippen molar-refractivity contribution in [1.29, 1.82) is 0 Å². The summed E-state index contributed by atoms with van der Waals surface area (Å²) in [5.74, 6) is 0.831. The summed E-state index contributed by atoms with van der Waals surface area (Å²) in [5, 5.41) is 7.08. The lowest BCUT2D eigenvalue weighted by molar-refractivity contribution is 0.0944. The molecule has 0 unspecified atom stereocenters. The lowest BCUT2D eigenvalue weighted by atomic mass is 10.1. The van der Waals surface area contributed by atoms with E-state index in [2.05, 4.69) is 15.5 Å². The van der Waals surface area contributed by atoms with Gasteiger partial charge in [0.2, 0.25) is 5.82 Å². The largest absolute Gasteiger partial charge is 0.345 e. The van der Waals surface area contributed by atoms with Crippen molar-refractivity contribution >= 4 is 17.2 Å². The van der Waals surface area contributed by atoms with Crippen LogP contribution in [0.2, 0.25) is 0 Å². The molecule has 4 rings (SSSR count). The van der Waals surface area contributed by atoms with Gasteiger partial charge in [0.1, 0.15) is 0 Å². The summed E-state index contributed by atoms with van der Waals surface area (Å²) in [6.07, 6.45) is 0. The van der Waals surface area contributed by atoms with Crippen molar-refractivity contribution in [1.82, 2.24) is 15.5 Å². The molecule has 4 aromatic rings. The van der Waals surface area contributed by atoms with Crippen LogP contribution >= 0.6 is 11.3 Å². The Bertz CT molecular complexity index is 1080. The molecule has 0 bridgehead atoms. The average molecular weight is 389 g/mol. The molecular formula is C22H19N3O2S. The highest BCUT2D eigenvalue weighted by Crippen LogP contribution is 2.28. The van der Waals surface area contributed by atoms with Crippen molar-refractivity contribution in [3.05, 3.63) is 82.7 Å². The van der Waals surface area contributed by atoms with E-state index in [9.17, 15) is 4.79 Å². The molecular weight excluding hydrogens is 370 g/mol. The molecule has 2 aromatic carbocycles. The van der Waals surface area contributed by atoms with Crippen LogP contribution in [0.25, 0.3) is 22.2 Å². The zero-order valence-corrected chi connectivity index (χ0v) is 16.4. The summed E-state index contributed by atoms with van der Waals surface area (Å²) in [7, 11) is 0. The Labute approximate surface area is 167 Å². The van der Waals surface area contributed by atoms with Crippen LogP contribution in [0.5, 0.6) is 0 Å². The number of aryl methyl sites for hydroxylation is 1. The van der Waals surface area contributed by atoms with Crippen LogP contribution in [0.1, 0.15) is 33.8 Å². The van der Waals surface area contributed by atoms with E-state index in [4.69, 9.17) is 4.52 Å². The number of hydrogen-bond donors (Lipinski definition) is 1. The summed E-state index contributed by atoms with van der Waals surface area (Å²) >= 11 is 1.35. The Kier molecular flexibility index (Phi) is 5.04. The number of carbonyl (C=O) groups is 1. The van der Waals surface area contributed by atoms with Gasteiger partial charge in [-0.3, -0.25) is 4.79 Å². The molecule has 1 amide bonds. The van der Waals surface area contributed by atoms with Gasteiger partial charge in [-0.25, -0.2) is 0 Å². The second-order valence-electron chi connectivity index (χ2n) is 6.56. The lowest BCUT2D eigenvalue weighted by Gasteiger charge is -2.13. The van der Waals surface area contributed by atoms with Crippen LogP contribution in [-0.4, -0.2) is 16.0 Å². The molecule has 0 aliphatic rings. The smallest absolute Gasteiger partial charge is 0.261 e. The molecule has 140 valence electrons. The molecule has 6 heteroatoms. The first-order valence-electron chi connectivity index (χ1n) is 8.97. The molecule has 0 radical (unpaired) electrons. The molecule has 0 aliphatic heterocycles. The summed E-state index contributed by atoms with van der Waals surface area (Å²) in [6, 6.07) is 21.3. The third-order valence-corrected chi connectivity index (χ3v) is 5.50. The minimum atomic E-state index is -0.116. The van der Waals surface area contributed by atoms with Crippen molar-refractivity contribution < 1.29 is 9.32 Å². The standard InChI is InChI=1S/C22H19N3O2S/c1-14-8-10-17(11-9-14)22-24-20(25-27-22)18-12-13-19(28-18)21(26)23-15(2)16-6-4-3-5-7-16/h3-13,15H,1-2H3,(H,23,26)/t15-/m0/s1. The van der Waals surface area contributed by atoms with Gasteiger partial charge in [-0.05, 0) is 43.7 Å². The van der Waals surface area contributed by atoms with Crippen LogP contribution in [-0.2, 0) is 0 Å². The van der Waals surface area contributed by atoms with E-state index in [1.54, 1.807) is 6.07 Å². The maximum absolute atomic E-state index is 12.6. The topological polar surface area (TPSA) is 68.0 Å². The van der Waals surface area contributed by atoms with Gasteiger partial charge in [-0.2, -0.15) is 4.98 Å². The fourth-order valence-corrected chi connectivity index (χ4v) is 3.64. The van der Waals surface area contributed by atoms with Gasteiger partial charge in [0.15, 0.2) is 0 Å². The molecule has 28 heavy (non-hydrogen) atoms. The first-order valence-corrected chi connectivity index (χ1v) is 9.78. The Morgan fingerprint density at radius 3 is 2.54 bits per heavy atom. The molecule has 0 saturated heterocycles. The molecule has 2 aromatic heterocycles. The third kappa shape index (κ3) is 3.87. The highest BCUT2D eigenvalue weighted by molar-refractivity contribution is 7.17. The van der Waals surface area contributed by atoms with E-state index in [1.165, 1.54) is 16.9 Å². The molecule has 1 N–H and O–H groups in total. The van der Waals surface area contributed by atoms with Crippen molar-refractivity contribution in [2.75, 3.05) is 0 Å². The van der Waals surface area contributed by atoms with Crippen LogP contribution in [0, 0.1) is 6.92 Å². The number of hydrogen-bond acceptors (Lipinski definition) is 5. The molecule has 5 nitrogen and oxygen atoms in total. The molecule has 0 saturated carbocycles. The van der Waals surface area contributed by atoms with Crippen molar-refractivity contribution in [2.45, 2.75) is 19.9 Å². The summed E-state index contributed by atoms with van der Waals surface area (Å²) in [6.45, 7) is 3.99. The Balaban J connectivity index is 1.48. The van der Waals surface area contributed by atoms with Crippen molar-refractivity contribution in [3.8, 4) is 22.2 Å². The van der Waals surface area contributed by atoms with Crippen LogP contribution in [0.4, 0.5) is 0 Å². The van der Waals surface area contributed by atoms with Gasteiger partial charge in [-0.15, -0.1) is 11.3 Å². The predicted molar refractivity (Wildman–Crippen MR) is 110 cm³/mol. The minimum absolute atomic E-state index is 0.0717. The van der Waals surface area contributed by atoms with Crippen LogP contribution < -0.4 is 5.32 Å². The molecule has 0 spiro atoms. The fourth-order valence-electron chi connectivity index (χ4n) is 2.81. The number of aromatic nitrogens is 2. The van der Waals surface area contributed by atoms with Gasteiger partial charge in [-0.1, -0.05) is 53.2 Å². The van der Waals surface area contributed by atoms with Crippen molar-refractivity contribution in [2.24, 2.45) is 0 Å². The van der Waals surface area contributed by atoms with Gasteiger partial charge < -0.3 is 9.84 Å². The maximum atomic E-state index is 12.6. The highest BCUT2D eigenvalue weighted by atomic mass is 32.1. The number of carbonyl (C=O) groups excluding carboxylic acids is 1. The Morgan fingerprint density at radius 2 is 1.79 bits per heavy atom. The number of nitrogens with zero attached hydrogens (tertiary/aromatic N) is 2. The minimum Gasteiger partial charge on any atom is -0.345 e. The van der Waals surface area contributed by atoms with Crippen LogP contribution in [0.15, 0.2) is 71.3 Å². The second kappa shape index (κ2) is 7.78. The zero-order valence-electron chi connectivity index (χ0n) is 15.5. The number of thiophene rings is 1. The normalized spacial score (nSPS) is 11.9. The first kappa shape index (κ1) is 18.1. The Hall–Kier alpha value is -3.25. The highest BCUT2D eigenvalue weighted by Gasteiger charge is 2.17. The van der Waals surface area contributed by atoms with Crippen LogP contribution in [0.3, 0.4) is 0 Å². The van der Waals surface area contributed by atoms with Gasteiger partial charge >= 0.3 is 0 Å². The van der Waals surface area contributed by atoms with E-state index >= 15 is 0 Å². The third-order valence-electron chi connectivity index (χ3n) is 4.42. The van der Waals surface area contributed by atoms with Gasteiger partial charge in [0, 0.05) is 5.56 Å². The number of rotatable bonds is 5. The van der Waals surface area contributed by atoms with Gasteiger partial charge in [0.25, 0.3) is 11.8 Å². The van der Waals surface area contributed by atoms with Crippen molar-refractivity contribution in [3.63, 3.8) is 0 Å².